The molecule has 0 aliphatic heterocycles. The van der Waals surface area contributed by atoms with Crippen LogP contribution in [0, 0.1) is 0 Å². The summed E-state index contributed by atoms with van der Waals surface area (Å²) in [6.07, 6.45) is 1.24. The van der Waals surface area contributed by atoms with Crippen LogP contribution >= 0.6 is 23.2 Å². The van der Waals surface area contributed by atoms with Gasteiger partial charge in [0.1, 0.15) is 0 Å². The first kappa shape index (κ1) is 13.5. The van der Waals surface area contributed by atoms with E-state index in [-0.39, 0.29) is 0 Å². The van der Waals surface area contributed by atoms with Gasteiger partial charge in [-0.3, -0.25) is 4.79 Å². The molecule has 0 saturated heterocycles. The molecule has 1 amide bonds. The van der Waals surface area contributed by atoms with E-state index in [2.05, 4.69) is 9.84 Å². The van der Waals surface area contributed by atoms with E-state index in [0.29, 0.717) is 15.6 Å². The normalized spacial score (nSPS) is 10.3. The summed E-state index contributed by atoms with van der Waals surface area (Å²) in [7, 11) is 1.09. The van der Waals surface area contributed by atoms with E-state index in [0.717, 1.165) is 7.11 Å². The van der Waals surface area contributed by atoms with Crippen LogP contribution in [0.2, 0.25) is 10.0 Å². The Labute approximate surface area is 107 Å². The molecule has 1 rings (SSSR count). The molecule has 1 aromatic carbocycles. The molecular weight excluding hydrogens is 267 g/mol. The number of methoxy groups -OCH3 is 1. The van der Waals surface area contributed by atoms with Crippen LogP contribution in [-0.2, 0) is 14.3 Å². The molecule has 0 radical (unpaired) electrons. The topological polar surface area (TPSA) is 67.8 Å². The Kier molecular flexibility index (Phi) is 4.93. The van der Waals surface area contributed by atoms with Crippen LogP contribution in [0.1, 0.15) is 5.56 Å². The molecule has 7 heteroatoms. The van der Waals surface area contributed by atoms with Crippen molar-refractivity contribution in [1.82, 2.24) is 5.43 Å². The zero-order valence-electron chi connectivity index (χ0n) is 8.74. The molecule has 17 heavy (non-hydrogen) atoms. The number of nitrogens with zero attached hydrogens (tertiary/aromatic N) is 1. The number of ether oxygens (including phenoxy) is 1. The maximum Gasteiger partial charge on any atom is 0.398 e. The summed E-state index contributed by atoms with van der Waals surface area (Å²) < 4.78 is 4.19. The quantitative estimate of drug-likeness (QED) is 0.386. The van der Waals surface area contributed by atoms with Crippen LogP contribution in [0.25, 0.3) is 0 Å². The highest BCUT2D eigenvalue weighted by Crippen LogP contribution is 2.21. The van der Waals surface area contributed by atoms with Gasteiger partial charge in [0, 0.05) is 5.56 Å². The van der Waals surface area contributed by atoms with E-state index in [1.54, 1.807) is 18.2 Å². The predicted molar refractivity (Wildman–Crippen MR) is 64.2 cm³/mol. The first-order valence-electron chi connectivity index (χ1n) is 4.41. The molecule has 0 aliphatic carbocycles. The van der Waals surface area contributed by atoms with Crippen LogP contribution < -0.4 is 5.43 Å². The Morgan fingerprint density at radius 1 is 1.35 bits per heavy atom. The van der Waals surface area contributed by atoms with Crippen molar-refractivity contribution in [3.05, 3.63) is 33.8 Å². The number of amides is 1. The molecule has 0 heterocycles. The molecule has 0 spiro atoms. The summed E-state index contributed by atoms with van der Waals surface area (Å²) in [5.74, 6) is -2.01. The summed E-state index contributed by atoms with van der Waals surface area (Å²) >= 11 is 11.7. The van der Waals surface area contributed by atoms with Crippen molar-refractivity contribution < 1.29 is 14.3 Å². The summed E-state index contributed by atoms with van der Waals surface area (Å²) in [6.45, 7) is 0. The number of carbonyl (C=O) groups is 2. The number of rotatable bonds is 2. The van der Waals surface area contributed by atoms with Gasteiger partial charge in [0.15, 0.2) is 0 Å². The van der Waals surface area contributed by atoms with Gasteiger partial charge in [-0.05, 0) is 12.1 Å². The monoisotopic (exact) mass is 274 g/mol. The van der Waals surface area contributed by atoms with Gasteiger partial charge in [-0.2, -0.15) is 5.10 Å². The van der Waals surface area contributed by atoms with Gasteiger partial charge in [0.2, 0.25) is 0 Å². The molecule has 0 fully saturated rings. The lowest BCUT2D eigenvalue weighted by Crippen LogP contribution is -2.27. The van der Waals surface area contributed by atoms with Crippen LogP contribution in [-0.4, -0.2) is 25.2 Å². The fourth-order valence-corrected chi connectivity index (χ4v) is 1.42. The van der Waals surface area contributed by atoms with Crippen LogP contribution in [0.15, 0.2) is 23.3 Å². The molecule has 90 valence electrons. The van der Waals surface area contributed by atoms with Gasteiger partial charge in [-0.25, -0.2) is 10.2 Å². The van der Waals surface area contributed by atoms with Crippen molar-refractivity contribution in [2.45, 2.75) is 0 Å². The fourth-order valence-electron chi connectivity index (χ4n) is 0.928. The SMILES string of the molecule is COC(=O)C(=O)N/N=C\c1c(Cl)cccc1Cl. The first-order chi connectivity index (χ1) is 8.06. The van der Waals surface area contributed by atoms with Crippen LogP contribution in [0.5, 0.6) is 0 Å². The van der Waals surface area contributed by atoms with E-state index >= 15 is 0 Å². The van der Waals surface area contributed by atoms with Gasteiger partial charge in [0.25, 0.3) is 0 Å². The largest absolute Gasteiger partial charge is 0.462 e. The number of benzene rings is 1. The molecule has 0 aliphatic rings. The molecule has 0 atom stereocenters. The Balaban J connectivity index is 2.72. The van der Waals surface area contributed by atoms with E-state index in [1.165, 1.54) is 6.21 Å². The third-order valence-electron chi connectivity index (χ3n) is 1.73. The van der Waals surface area contributed by atoms with Crippen molar-refractivity contribution in [3.63, 3.8) is 0 Å². The first-order valence-corrected chi connectivity index (χ1v) is 5.17. The predicted octanol–water partition coefficient (Wildman–Crippen LogP) is 1.62. The fraction of sp³-hybridized carbons (Fsp3) is 0.100. The minimum Gasteiger partial charge on any atom is -0.462 e. The van der Waals surface area contributed by atoms with E-state index in [1.807, 2.05) is 5.43 Å². The molecule has 1 aromatic rings. The molecule has 0 unspecified atom stereocenters. The Morgan fingerprint density at radius 3 is 2.47 bits per heavy atom. The maximum absolute atomic E-state index is 11.0. The van der Waals surface area contributed by atoms with Crippen LogP contribution in [0.4, 0.5) is 0 Å². The smallest absolute Gasteiger partial charge is 0.398 e. The average Bonchev–Trinajstić information content (AvgIpc) is 2.31. The summed E-state index contributed by atoms with van der Waals surface area (Å²) in [5.41, 5.74) is 2.42. The number of halogens is 2. The van der Waals surface area contributed by atoms with Gasteiger partial charge in [-0.15, -0.1) is 0 Å². The van der Waals surface area contributed by atoms with Gasteiger partial charge >= 0.3 is 11.9 Å². The van der Waals surface area contributed by atoms with Crippen LogP contribution in [0.3, 0.4) is 0 Å². The zero-order chi connectivity index (χ0) is 12.8. The lowest BCUT2D eigenvalue weighted by Gasteiger charge is -2.00. The van der Waals surface area contributed by atoms with E-state index < -0.39 is 11.9 Å². The highest BCUT2D eigenvalue weighted by Gasteiger charge is 2.11. The summed E-state index contributed by atoms with van der Waals surface area (Å²) in [6, 6.07) is 4.92. The van der Waals surface area contributed by atoms with Crippen molar-refractivity contribution in [3.8, 4) is 0 Å². The Hall–Kier alpha value is -1.59. The number of carbonyl (C=O) groups excluding carboxylic acids is 2. The van der Waals surface area contributed by atoms with Gasteiger partial charge in [0.05, 0.1) is 23.4 Å². The third-order valence-corrected chi connectivity index (χ3v) is 2.39. The van der Waals surface area contributed by atoms with E-state index in [9.17, 15) is 9.59 Å². The molecule has 5 nitrogen and oxygen atoms in total. The standard InChI is InChI=1S/C10H8Cl2N2O3/c1-17-10(16)9(15)14-13-5-6-7(11)3-2-4-8(6)12/h2-5H,1H3,(H,14,15)/b13-5-. The van der Waals surface area contributed by atoms with Crippen molar-refractivity contribution in [1.29, 1.82) is 0 Å². The second-order valence-corrected chi connectivity index (χ2v) is 3.64. The van der Waals surface area contributed by atoms with Gasteiger partial charge < -0.3 is 4.74 Å². The number of hydrazone groups is 1. The average molecular weight is 275 g/mol. The molecule has 0 aromatic heterocycles. The lowest BCUT2D eigenvalue weighted by molar-refractivity contribution is -0.152. The van der Waals surface area contributed by atoms with Gasteiger partial charge in [-0.1, -0.05) is 29.3 Å². The highest BCUT2D eigenvalue weighted by molar-refractivity contribution is 6.38. The third kappa shape index (κ3) is 3.72. The Morgan fingerprint density at radius 2 is 1.94 bits per heavy atom. The molecule has 0 bridgehead atoms. The molecule has 1 N–H and O–H groups in total. The minimum atomic E-state index is -1.03. The number of esters is 1. The molecule has 0 saturated carbocycles. The number of hydrogen-bond acceptors (Lipinski definition) is 4. The lowest BCUT2D eigenvalue weighted by atomic mass is 10.2. The zero-order valence-corrected chi connectivity index (χ0v) is 10.2. The van der Waals surface area contributed by atoms with E-state index in [4.69, 9.17) is 23.2 Å². The van der Waals surface area contributed by atoms with Crippen molar-refractivity contribution in [2.24, 2.45) is 5.10 Å². The second kappa shape index (κ2) is 6.22. The van der Waals surface area contributed by atoms with Crippen molar-refractivity contribution in [2.75, 3.05) is 7.11 Å². The second-order valence-electron chi connectivity index (χ2n) is 2.83. The number of nitrogens with one attached hydrogen (secondary N) is 1. The molecular formula is C10H8Cl2N2O3. The minimum absolute atomic E-state index is 0.383. The van der Waals surface area contributed by atoms with Crippen molar-refractivity contribution >= 4 is 41.3 Å². The Bertz CT molecular complexity index is 454. The maximum atomic E-state index is 11.0. The summed E-state index contributed by atoms with van der Waals surface area (Å²) in [4.78, 5) is 21.7. The highest BCUT2D eigenvalue weighted by atomic mass is 35.5. The summed E-state index contributed by atoms with van der Waals surface area (Å²) in [5, 5.41) is 4.30. The number of hydrogen-bond donors (Lipinski definition) is 1.